The average molecular weight is 797 g/mol. The number of ether oxygens (including phenoxy) is 2. The van der Waals surface area contributed by atoms with Crippen LogP contribution in [0.15, 0.2) is 103 Å². The van der Waals surface area contributed by atoms with Gasteiger partial charge in [0.2, 0.25) is 11.8 Å². The zero-order valence-corrected chi connectivity index (χ0v) is 34.2. The summed E-state index contributed by atoms with van der Waals surface area (Å²) >= 11 is 0. The third-order valence-corrected chi connectivity index (χ3v) is 17.4. The Kier molecular flexibility index (Phi) is 9.57. The number of methoxy groups -OCH3 is 1. The van der Waals surface area contributed by atoms with Crippen LogP contribution < -0.4 is 24.6 Å². The molecule has 3 saturated heterocycles. The summed E-state index contributed by atoms with van der Waals surface area (Å²) in [5, 5.41) is 21.0. The van der Waals surface area contributed by atoms with Gasteiger partial charge < -0.3 is 29.3 Å². The van der Waals surface area contributed by atoms with Gasteiger partial charge in [-0.2, -0.15) is 0 Å². The number of amides is 3. The predicted molar refractivity (Wildman–Crippen MR) is 223 cm³/mol. The highest BCUT2D eigenvalue weighted by Gasteiger charge is 2.66. The van der Waals surface area contributed by atoms with Crippen molar-refractivity contribution in [3.05, 3.63) is 126 Å². The number of benzene rings is 4. The Morgan fingerprint density at radius 1 is 0.897 bits per heavy atom. The molecule has 0 radical (unpaired) electrons. The van der Waals surface area contributed by atoms with Crippen LogP contribution in [0.2, 0.25) is 18.6 Å². The van der Waals surface area contributed by atoms with Gasteiger partial charge in [0.15, 0.2) is 5.60 Å². The molecule has 5 atom stereocenters. The van der Waals surface area contributed by atoms with Gasteiger partial charge in [-0.15, -0.1) is 5.10 Å². The number of anilines is 3. The molecular formula is C45H48N6O6Si. The van der Waals surface area contributed by atoms with Gasteiger partial charge >= 0.3 is 0 Å². The number of fused-ring (bicyclic) bond motifs is 2. The number of hydrogen-bond acceptors (Lipinski definition) is 8. The number of hydrogen-bond donors (Lipinski definition) is 1. The van der Waals surface area contributed by atoms with Gasteiger partial charge in [-0.3, -0.25) is 19.1 Å². The summed E-state index contributed by atoms with van der Waals surface area (Å²) in [4.78, 5) is 45.7. The molecule has 12 nitrogen and oxygen atoms in total. The van der Waals surface area contributed by atoms with Crippen molar-refractivity contribution in [3.8, 4) is 5.75 Å². The largest absolute Gasteiger partial charge is 0.497 e. The molecule has 4 aliphatic heterocycles. The lowest BCUT2D eigenvalue weighted by Crippen LogP contribution is -2.51. The van der Waals surface area contributed by atoms with Crippen LogP contribution in [0.3, 0.4) is 0 Å². The second kappa shape index (κ2) is 14.6. The monoisotopic (exact) mass is 796 g/mol. The maximum Gasteiger partial charge on any atom is 0.264 e. The van der Waals surface area contributed by atoms with Gasteiger partial charge in [-0.1, -0.05) is 85.0 Å². The lowest BCUT2D eigenvalue weighted by molar-refractivity contribution is -0.146. The van der Waals surface area contributed by atoms with E-state index in [1.54, 1.807) is 27.8 Å². The summed E-state index contributed by atoms with van der Waals surface area (Å²) in [6.45, 7) is 9.00. The molecule has 13 heteroatoms. The van der Waals surface area contributed by atoms with Gasteiger partial charge in [0.05, 0.1) is 39.7 Å². The van der Waals surface area contributed by atoms with E-state index >= 15 is 4.79 Å². The van der Waals surface area contributed by atoms with Gasteiger partial charge in [0.25, 0.3) is 5.91 Å². The molecule has 0 unspecified atom stereocenters. The molecule has 3 fully saturated rings. The molecule has 1 N–H and O–H groups in total. The van der Waals surface area contributed by atoms with Crippen LogP contribution in [0.4, 0.5) is 17.1 Å². The Bertz CT molecular complexity index is 2370. The fourth-order valence-corrected chi connectivity index (χ4v) is 13.7. The highest BCUT2D eigenvalue weighted by atomic mass is 28.3. The average Bonchev–Trinajstić information content (AvgIpc) is 3.90. The first-order chi connectivity index (χ1) is 28.0. The molecular weight excluding hydrogens is 749 g/mol. The third kappa shape index (κ3) is 6.23. The Hall–Kier alpha value is -5.63. The smallest absolute Gasteiger partial charge is 0.264 e. The highest BCUT2D eigenvalue weighted by molar-refractivity contribution is 6.91. The summed E-state index contributed by atoms with van der Waals surface area (Å²) in [7, 11) is -0.776. The Balaban J connectivity index is 1.09. The van der Waals surface area contributed by atoms with Crippen molar-refractivity contribution < 1.29 is 29.0 Å². The number of aliphatic hydroxyl groups excluding tert-OH is 1. The zero-order valence-electron chi connectivity index (χ0n) is 33.2. The van der Waals surface area contributed by atoms with Gasteiger partial charge in [0.1, 0.15) is 17.5 Å². The van der Waals surface area contributed by atoms with E-state index in [9.17, 15) is 14.7 Å². The molecule has 0 bridgehead atoms. The van der Waals surface area contributed by atoms with E-state index < -0.39 is 19.8 Å². The number of carbonyl (C=O) groups is 3. The van der Waals surface area contributed by atoms with E-state index in [4.69, 9.17) is 9.47 Å². The minimum Gasteiger partial charge on any atom is -0.497 e. The molecule has 0 saturated carbocycles. The van der Waals surface area contributed by atoms with E-state index in [2.05, 4.69) is 42.5 Å². The van der Waals surface area contributed by atoms with Crippen LogP contribution in [-0.2, 0) is 37.8 Å². The zero-order chi connectivity index (χ0) is 40.3. The van der Waals surface area contributed by atoms with Gasteiger partial charge in [-0.25, -0.2) is 0 Å². The Labute approximate surface area is 339 Å². The molecule has 58 heavy (non-hydrogen) atoms. The van der Waals surface area contributed by atoms with Crippen LogP contribution in [0.5, 0.6) is 5.75 Å². The molecule has 4 aliphatic rings. The van der Waals surface area contributed by atoms with Gasteiger partial charge in [-0.05, 0) is 65.6 Å². The lowest BCUT2D eigenvalue weighted by atomic mass is 9.82. The number of β-lactam (4-membered cyclic amide) rings is 2. The van der Waals surface area contributed by atoms with Crippen molar-refractivity contribution in [2.45, 2.75) is 75.7 Å². The predicted octanol–water partition coefficient (Wildman–Crippen LogP) is 5.69. The van der Waals surface area contributed by atoms with Crippen molar-refractivity contribution in [1.29, 1.82) is 0 Å². The molecule has 1 spiro atoms. The number of aromatic nitrogens is 3. The van der Waals surface area contributed by atoms with Gasteiger partial charge in [0, 0.05) is 55.3 Å². The molecule has 0 aliphatic carbocycles. The second-order valence-corrected chi connectivity index (χ2v) is 21.2. The quantitative estimate of drug-likeness (QED) is 0.126. The normalized spacial score (nSPS) is 23.3. The van der Waals surface area contributed by atoms with Crippen molar-refractivity contribution >= 4 is 48.0 Å². The van der Waals surface area contributed by atoms with Crippen LogP contribution in [0, 0.1) is 5.92 Å². The summed E-state index contributed by atoms with van der Waals surface area (Å²) in [5.41, 5.74) is 3.98. The second-order valence-electron chi connectivity index (χ2n) is 16.5. The summed E-state index contributed by atoms with van der Waals surface area (Å²) in [6.07, 6.45) is 2.14. The first-order valence-electron chi connectivity index (χ1n) is 20.1. The maximum atomic E-state index is 15.4. The molecule has 9 rings (SSSR count). The SMILES string of the molecule is COc1ccc([Si](C)(C)[C@@H]2[C@@H](CCn3cc([C@H](O)c4ccccc4)nn3)O[C@]3(C(=O)N(Cc4ccc(N5CCC5=O)cc4)c4ccc(N5CCC5=O)cc43)[C@H]2C)cc1. The molecule has 298 valence electrons. The summed E-state index contributed by atoms with van der Waals surface area (Å²) in [6, 6.07) is 31.5. The molecule has 4 aromatic carbocycles. The van der Waals surface area contributed by atoms with E-state index in [1.165, 1.54) is 5.19 Å². The van der Waals surface area contributed by atoms with Crippen molar-refractivity contribution in [3.63, 3.8) is 0 Å². The third-order valence-electron chi connectivity index (χ3n) is 13.0. The highest BCUT2D eigenvalue weighted by Crippen LogP contribution is 2.60. The number of aliphatic hydroxyl groups is 1. The topological polar surface area (TPSA) is 130 Å². The number of nitrogens with zero attached hydrogens (tertiary/aromatic N) is 6. The van der Waals surface area contributed by atoms with Crippen molar-refractivity contribution in [2.75, 3.05) is 34.9 Å². The number of carbonyl (C=O) groups excluding carboxylic acids is 3. The fraction of sp³-hybridized carbons (Fsp3) is 0.356. The van der Waals surface area contributed by atoms with Crippen LogP contribution >= 0.6 is 0 Å². The summed E-state index contributed by atoms with van der Waals surface area (Å²) in [5.74, 6) is 0.590. The Morgan fingerprint density at radius 3 is 2.21 bits per heavy atom. The van der Waals surface area contributed by atoms with Crippen molar-refractivity contribution in [2.24, 2.45) is 5.92 Å². The van der Waals surface area contributed by atoms with Crippen LogP contribution in [0.25, 0.3) is 0 Å². The minimum atomic E-state index is -2.44. The number of rotatable bonds is 12. The van der Waals surface area contributed by atoms with E-state index in [-0.39, 0.29) is 35.3 Å². The fourth-order valence-electron chi connectivity index (χ4n) is 9.65. The Morgan fingerprint density at radius 2 is 1.57 bits per heavy atom. The molecule has 1 aromatic heterocycles. The molecule has 3 amide bonds. The standard InChI is InChI=1S/C45H48N6O6Si/c1-29-43(58(3,4)35-17-15-34(56-2)16-18-35)39(20-23-48-28-37(46-47-48)42(54)31-8-6-5-7-9-31)57-45(29)36-26-33(50-25-22-41(50)53)14-19-38(36)51(44(45)55)27-30-10-12-32(13-11-30)49-24-21-40(49)52/h5-19,26,28-29,39,42-43,54H,20-25,27H2,1-4H3/t29-,39+,42+,43-,45+/m0/s1. The first-order valence-corrected chi connectivity index (χ1v) is 23.2. The van der Waals surface area contributed by atoms with Crippen LogP contribution in [-0.4, -0.2) is 72.2 Å². The van der Waals surface area contributed by atoms with E-state index in [0.717, 1.165) is 39.5 Å². The summed E-state index contributed by atoms with van der Waals surface area (Å²) < 4.78 is 14.7. The van der Waals surface area contributed by atoms with Crippen LogP contribution in [0.1, 0.15) is 54.7 Å². The minimum absolute atomic E-state index is 0.0156. The maximum absolute atomic E-state index is 15.4. The lowest BCUT2D eigenvalue weighted by Gasteiger charge is -2.37. The first kappa shape index (κ1) is 37.9. The van der Waals surface area contributed by atoms with E-state index in [1.807, 2.05) is 89.8 Å². The van der Waals surface area contributed by atoms with E-state index in [0.29, 0.717) is 51.1 Å². The molecule has 5 heterocycles. The van der Waals surface area contributed by atoms with Crippen molar-refractivity contribution in [1.82, 2.24) is 15.0 Å². The molecule has 5 aromatic rings. The number of aryl methyl sites for hydroxylation is 1.